The molecular formula is C19H30O4. The minimum atomic E-state index is -0.411. The van der Waals surface area contributed by atoms with Crippen molar-refractivity contribution in [3.63, 3.8) is 0 Å². The van der Waals surface area contributed by atoms with E-state index in [1.807, 2.05) is 54.5 Å². The quantitative estimate of drug-likeness (QED) is 0.575. The second-order valence-corrected chi connectivity index (χ2v) is 8.66. The van der Waals surface area contributed by atoms with Crippen LogP contribution in [-0.4, -0.2) is 25.2 Å². The van der Waals surface area contributed by atoms with Crippen LogP contribution in [0.5, 0.6) is 0 Å². The fraction of sp³-hybridized carbons (Fsp3) is 0.684. The molecule has 0 atom stereocenters. The minimum Gasteiger partial charge on any atom is -0.462 e. The van der Waals surface area contributed by atoms with Gasteiger partial charge in [-0.2, -0.15) is 0 Å². The van der Waals surface area contributed by atoms with Gasteiger partial charge < -0.3 is 9.47 Å². The van der Waals surface area contributed by atoms with Gasteiger partial charge in [-0.25, -0.2) is 9.59 Å². The normalized spacial score (nSPS) is 16.0. The van der Waals surface area contributed by atoms with E-state index in [9.17, 15) is 9.59 Å². The number of rotatable bonds is 4. The Bertz CT molecular complexity index is 525. The SMILES string of the molecule is CC1=CCC(C(=O)OCC(C)(C)C)=C(C(=O)OCC(C)(C)C)C1. The Hall–Kier alpha value is -1.58. The minimum absolute atomic E-state index is 0.108. The summed E-state index contributed by atoms with van der Waals surface area (Å²) in [5, 5.41) is 0. The van der Waals surface area contributed by atoms with Crippen molar-refractivity contribution in [3.8, 4) is 0 Å². The molecule has 4 heteroatoms. The monoisotopic (exact) mass is 322 g/mol. The zero-order valence-corrected chi connectivity index (χ0v) is 15.5. The fourth-order valence-electron chi connectivity index (χ4n) is 2.00. The first kappa shape index (κ1) is 19.5. The summed E-state index contributed by atoms with van der Waals surface area (Å²) in [5.74, 6) is -0.818. The van der Waals surface area contributed by atoms with E-state index in [0.29, 0.717) is 37.2 Å². The molecule has 0 fully saturated rings. The molecule has 0 N–H and O–H groups in total. The zero-order valence-electron chi connectivity index (χ0n) is 15.5. The van der Waals surface area contributed by atoms with Crippen LogP contribution in [0.3, 0.4) is 0 Å². The van der Waals surface area contributed by atoms with E-state index < -0.39 is 11.9 Å². The van der Waals surface area contributed by atoms with Crippen LogP contribution in [0.15, 0.2) is 22.8 Å². The number of ether oxygens (including phenoxy) is 2. The highest BCUT2D eigenvalue weighted by Gasteiger charge is 2.27. The Labute approximate surface area is 139 Å². The van der Waals surface area contributed by atoms with Gasteiger partial charge in [0.25, 0.3) is 0 Å². The number of carbonyl (C=O) groups is 2. The van der Waals surface area contributed by atoms with E-state index in [4.69, 9.17) is 9.47 Å². The lowest BCUT2D eigenvalue weighted by molar-refractivity contribution is -0.145. The van der Waals surface area contributed by atoms with Crippen LogP contribution in [0, 0.1) is 10.8 Å². The summed E-state index contributed by atoms with van der Waals surface area (Å²) in [4.78, 5) is 24.7. The van der Waals surface area contributed by atoms with Crippen molar-refractivity contribution >= 4 is 11.9 Å². The molecule has 0 radical (unpaired) electrons. The van der Waals surface area contributed by atoms with E-state index >= 15 is 0 Å². The Kier molecular flexibility index (Phi) is 6.20. The number of carbonyl (C=O) groups excluding carboxylic acids is 2. The smallest absolute Gasteiger partial charge is 0.334 e. The molecule has 0 aliphatic heterocycles. The molecule has 0 aromatic carbocycles. The predicted octanol–water partition coefficient (Wildman–Crippen LogP) is 4.20. The van der Waals surface area contributed by atoms with Gasteiger partial charge in [-0.3, -0.25) is 0 Å². The molecule has 0 amide bonds. The highest BCUT2D eigenvalue weighted by atomic mass is 16.5. The Morgan fingerprint density at radius 3 is 1.78 bits per heavy atom. The molecule has 0 unspecified atom stereocenters. The maximum absolute atomic E-state index is 12.4. The lowest BCUT2D eigenvalue weighted by Gasteiger charge is -2.23. The van der Waals surface area contributed by atoms with Crippen LogP contribution < -0.4 is 0 Å². The zero-order chi connectivity index (χ0) is 17.8. The average Bonchev–Trinajstić information content (AvgIpc) is 2.40. The first-order chi connectivity index (χ1) is 10.4. The van der Waals surface area contributed by atoms with Crippen LogP contribution in [0.4, 0.5) is 0 Å². The van der Waals surface area contributed by atoms with Gasteiger partial charge in [0.15, 0.2) is 0 Å². The molecular weight excluding hydrogens is 292 g/mol. The lowest BCUT2D eigenvalue weighted by atomic mass is 9.92. The molecule has 130 valence electrons. The van der Waals surface area contributed by atoms with E-state index in [1.54, 1.807) is 0 Å². The van der Waals surface area contributed by atoms with Crippen LogP contribution >= 0.6 is 0 Å². The second kappa shape index (κ2) is 7.33. The summed E-state index contributed by atoms with van der Waals surface area (Å²) in [6, 6.07) is 0. The van der Waals surface area contributed by atoms with Gasteiger partial charge in [0.1, 0.15) is 0 Å². The predicted molar refractivity (Wildman–Crippen MR) is 90.8 cm³/mol. The van der Waals surface area contributed by atoms with Crippen molar-refractivity contribution in [3.05, 3.63) is 22.8 Å². The van der Waals surface area contributed by atoms with Crippen LogP contribution in [-0.2, 0) is 19.1 Å². The first-order valence-electron chi connectivity index (χ1n) is 8.11. The number of allylic oxidation sites excluding steroid dienone is 2. The van der Waals surface area contributed by atoms with Crippen LogP contribution in [0.1, 0.15) is 61.3 Å². The van der Waals surface area contributed by atoms with Gasteiger partial charge in [-0.1, -0.05) is 53.2 Å². The first-order valence-corrected chi connectivity index (χ1v) is 8.11. The molecule has 0 aromatic rings. The summed E-state index contributed by atoms with van der Waals surface area (Å²) in [5.41, 5.74) is 1.72. The van der Waals surface area contributed by atoms with Crippen molar-refractivity contribution in [1.82, 2.24) is 0 Å². The van der Waals surface area contributed by atoms with E-state index in [-0.39, 0.29) is 10.8 Å². The third-order valence-electron chi connectivity index (χ3n) is 3.24. The summed E-state index contributed by atoms with van der Waals surface area (Å²) in [7, 11) is 0. The molecule has 0 saturated heterocycles. The van der Waals surface area contributed by atoms with Crippen molar-refractivity contribution in [2.75, 3.05) is 13.2 Å². The molecule has 0 saturated carbocycles. The standard InChI is InChI=1S/C19H30O4/c1-13-8-9-14(16(20)22-11-18(2,3)4)15(10-13)17(21)23-12-19(5,6)7/h8H,9-12H2,1-7H3. The Morgan fingerprint density at radius 2 is 1.35 bits per heavy atom. The lowest BCUT2D eigenvalue weighted by Crippen LogP contribution is -2.24. The molecule has 1 aliphatic carbocycles. The number of hydrogen-bond donors (Lipinski definition) is 0. The summed E-state index contributed by atoms with van der Waals surface area (Å²) < 4.78 is 10.8. The third-order valence-corrected chi connectivity index (χ3v) is 3.24. The third kappa shape index (κ3) is 7.02. The van der Waals surface area contributed by atoms with Gasteiger partial charge in [0.2, 0.25) is 0 Å². The topological polar surface area (TPSA) is 52.6 Å². The largest absolute Gasteiger partial charge is 0.462 e. The second-order valence-electron chi connectivity index (χ2n) is 8.66. The Morgan fingerprint density at radius 1 is 0.913 bits per heavy atom. The molecule has 1 aliphatic rings. The van der Waals surface area contributed by atoms with Gasteiger partial charge in [0, 0.05) is 6.42 Å². The molecule has 0 aromatic heterocycles. The maximum atomic E-state index is 12.4. The van der Waals surface area contributed by atoms with Gasteiger partial charge in [0.05, 0.1) is 24.4 Å². The number of hydrogen-bond acceptors (Lipinski definition) is 4. The fourth-order valence-corrected chi connectivity index (χ4v) is 2.00. The van der Waals surface area contributed by atoms with E-state index in [1.165, 1.54) is 0 Å². The van der Waals surface area contributed by atoms with Crippen molar-refractivity contribution < 1.29 is 19.1 Å². The highest BCUT2D eigenvalue weighted by Crippen LogP contribution is 2.28. The van der Waals surface area contributed by atoms with E-state index in [2.05, 4.69) is 0 Å². The average molecular weight is 322 g/mol. The van der Waals surface area contributed by atoms with E-state index in [0.717, 1.165) is 5.57 Å². The summed E-state index contributed by atoms with van der Waals surface area (Å²) in [6.45, 7) is 14.6. The summed E-state index contributed by atoms with van der Waals surface area (Å²) in [6.07, 6.45) is 2.84. The molecule has 0 heterocycles. The van der Waals surface area contributed by atoms with Gasteiger partial charge in [-0.15, -0.1) is 0 Å². The van der Waals surface area contributed by atoms with Crippen LogP contribution in [0.2, 0.25) is 0 Å². The van der Waals surface area contributed by atoms with Crippen molar-refractivity contribution in [2.24, 2.45) is 10.8 Å². The highest BCUT2D eigenvalue weighted by molar-refractivity contribution is 6.01. The number of esters is 2. The Balaban J connectivity index is 2.88. The molecule has 0 bridgehead atoms. The molecule has 0 spiro atoms. The molecule has 23 heavy (non-hydrogen) atoms. The van der Waals surface area contributed by atoms with Crippen LogP contribution in [0.25, 0.3) is 0 Å². The van der Waals surface area contributed by atoms with Crippen molar-refractivity contribution in [2.45, 2.75) is 61.3 Å². The summed E-state index contributed by atoms with van der Waals surface area (Å²) >= 11 is 0. The molecule has 4 nitrogen and oxygen atoms in total. The van der Waals surface area contributed by atoms with Crippen molar-refractivity contribution in [1.29, 1.82) is 0 Å². The molecule has 1 rings (SSSR count). The van der Waals surface area contributed by atoms with Gasteiger partial charge in [-0.05, 0) is 24.2 Å². The maximum Gasteiger partial charge on any atom is 0.334 e. The van der Waals surface area contributed by atoms with Gasteiger partial charge >= 0.3 is 11.9 Å².